The smallest absolute Gasteiger partial charge is 0.223 e. The van der Waals surface area contributed by atoms with Crippen LogP contribution in [-0.2, 0) is 0 Å². The van der Waals surface area contributed by atoms with Gasteiger partial charge >= 0.3 is 0 Å². The molecule has 1 rings (SSSR count). The number of hydrogen-bond donors (Lipinski definition) is 3. The molecule has 0 aliphatic carbocycles. The fourth-order valence-electron chi connectivity index (χ4n) is 1.09. The molecular weight excluding hydrogens is 190 g/mol. The van der Waals surface area contributed by atoms with Gasteiger partial charge in [-0.15, -0.1) is 0 Å². The number of hydrogen-bond acceptors (Lipinski definition) is 5. The molecule has 0 amide bonds. The van der Waals surface area contributed by atoms with Gasteiger partial charge in [0.2, 0.25) is 5.95 Å². The van der Waals surface area contributed by atoms with E-state index in [2.05, 4.69) is 41.4 Å². The van der Waals surface area contributed by atoms with Gasteiger partial charge in [0.05, 0.1) is 0 Å². The zero-order valence-electron chi connectivity index (χ0n) is 9.76. The lowest BCUT2D eigenvalue weighted by atomic mass is 10.0. The largest absolute Gasteiger partial charge is 0.373 e. The maximum Gasteiger partial charge on any atom is 0.223 e. The van der Waals surface area contributed by atoms with Gasteiger partial charge in [0.25, 0.3) is 0 Å². The topological polar surface area (TPSA) is 75.9 Å². The number of nitrogen functional groups attached to an aromatic ring is 1. The van der Waals surface area contributed by atoms with Crippen molar-refractivity contribution in [3.05, 3.63) is 6.07 Å². The molecule has 0 aliphatic rings. The molecule has 0 aromatic carbocycles. The summed E-state index contributed by atoms with van der Waals surface area (Å²) in [5.74, 6) is 1.74. The minimum atomic E-state index is 0.00576. The van der Waals surface area contributed by atoms with Gasteiger partial charge in [-0.2, -0.15) is 9.97 Å². The molecule has 0 bridgehead atoms. The molecule has 84 valence electrons. The van der Waals surface area contributed by atoms with Gasteiger partial charge in [0.15, 0.2) is 0 Å². The first-order chi connectivity index (χ1) is 6.96. The SMILES string of the molecule is CCC(C)(C)Nc1cc(NC)nc(N)n1. The lowest BCUT2D eigenvalue weighted by Gasteiger charge is -2.25. The Bertz CT molecular complexity index is 335. The zero-order chi connectivity index (χ0) is 11.5. The van der Waals surface area contributed by atoms with Crippen LogP contribution < -0.4 is 16.4 Å². The van der Waals surface area contributed by atoms with Gasteiger partial charge in [-0.1, -0.05) is 6.92 Å². The number of nitrogens with one attached hydrogen (secondary N) is 2. The highest BCUT2D eigenvalue weighted by Gasteiger charge is 2.15. The molecule has 0 fully saturated rings. The molecule has 5 heteroatoms. The fourth-order valence-corrected chi connectivity index (χ4v) is 1.09. The average molecular weight is 209 g/mol. The van der Waals surface area contributed by atoms with Crippen LogP contribution in [0.1, 0.15) is 27.2 Å². The molecule has 0 unspecified atom stereocenters. The first-order valence-electron chi connectivity index (χ1n) is 5.07. The van der Waals surface area contributed by atoms with Crippen LogP contribution in [-0.4, -0.2) is 22.6 Å². The molecule has 4 N–H and O–H groups in total. The van der Waals surface area contributed by atoms with Gasteiger partial charge < -0.3 is 16.4 Å². The molecule has 0 radical (unpaired) electrons. The van der Waals surface area contributed by atoms with E-state index in [4.69, 9.17) is 5.73 Å². The lowest BCUT2D eigenvalue weighted by Crippen LogP contribution is -2.30. The highest BCUT2D eigenvalue weighted by molar-refractivity contribution is 5.51. The van der Waals surface area contributed by atoms with Crippen molar-refractivity contribution in [2.75, 3.05) is 23.4 Å². The summed E-state index contributed by atoms with van der Waals surface area (Å²) in [5.41, 5.74) is 5.60. The second kappa shape index (κ2) is 4.33. The van der Waals surface area contributed by atoms with E-state index in [-0.39, 0.29) is 11.5 Å². The van der Waals surface area contributed by atoms with Crippen molar-refractivity contribution in [3.8, 4) is 0 Å². The first-order valence-corrected chi connectivity index (χ1v) is 5.07. The molecule has 0 spiro atoms. The summed E-state index contributed by atoms with van der Waals surface area (Å²) in [6.07, 6.45) is 1.01. The zero-order valence-corrected chi connectivity index (χ0v) is 9.76. The Balaban J connectivity index is 2.90. The van der Waals surface area contributed by atoms with E-state index in [1.807, 2.05) is 6.07 Å². The molecule has 0 saturated carbocycles. The number of anilines is 3. The van der Waals surface area contributed by atoms with E-state index in [1.54, 1.807) is 7.05 Å². The maximum absolute atomic E-state index is 5.59. The second-order valence-corrected chi connectivity index (χ2v) is 4.11. The highest BCUT2D eigenvalue weighted by atomic mass is 15.1. The van der Waals surface area contributed by atoms with Crippen LogP contribution in [0.15, 0.2) is 6.07 Å². The van der Waals surface area contributed by atoms with Crippen molar-refractivity contribution < 1.29 is 0 Å². The summed E-state index contributed by atoms with van der Waals surface area (Å²) < 4.78 is 0. The molecule has 0 saturated heterocycles. The lowest BCUT2D eigenvalue weighted by molar-refractivity contribution is 0.545. The fraction of sp³-hybridized carbons (Fsp3) is 0.600. The quantitative estimate of drug-likeness (QED) is 0.703. The van der Waals surface area contributed by atoms with E-state index >= 15 is 0 Å². The van der Waals surface area contributed by atoms with Crippen molar-refractivity contribution in [3.63, 3.8) is 0 Å². The molecular formula is C10H19N5. The first kappa shape index (κ1) is 11.6. The van der Waals surface area contributed by atoms with E-state index < -0.39 is 0 Å². The Morgan fingerprint density at radius 1 is 1.33 bits per heavy atom. The molecule has 1 aromatic heterocycles. The molecule has 0 aliphatic heterocycles. The molecule has 0 atom stereocenters. The van der Waals surface area contributed by atoms with Gasteiger partial charge in [0.1, 0.15) is 11.6 Å². The Morgan fingerprint density at radius 3 is 2.47 bits per heavy atom. The van der Waals surface area contributed by atoms with Crippen LogP contribution in [0.3, 0.4) is 0 Å². The average Bonchev–Trinajstić information content (AvgIpc) is 2.16. The standard InChI is InChI=1S/C10H19N5/c1-5-10(2,3)15-8-6-7(12-4)13-9(11)14-8/h6H,5H2,1-4H3,(H4,11,12,13,14,15). The summed E-state index contributed by atoms with van der Waals surface area (Å²) >= 11 is 0. The summed E-state index contributed by atoms with van der Waals surface area (Å²) in [6, 6.07) is 1.84. The van der Waals surface area contributed by atoms with Gasteiger partial charge in [-0.3, -0.25) is 0 Å². The van der Waals surface area contributed by atoms with Crippen LogP contribution in [0.5, 0.6) is 0 Å². The number of aromatic nitrogens is 2. The van der Waals surface area contributed by atoms with Crippen molar-refractivity contribution in [2.45, 2.75) is 32.7 Å². The molecule has 5 nitrogen and oxygen atoms in total. The maximum atomic E-state index is 5.59. The Hall–Kier alpha value is -1.52. The number of nitrogens with zero attached hydrogens (tertiary/aromatic N) is 2. The predicted octanol–water partition coefficient (Wildman–Crippen LogP) is 1.70. The highest BCUT2D eigenvalue weighted by Crippen LogP contribution is 2.18. The molecule has 1 aromatic rings. The van der Waals surface area contributed by atoms with E-state index in [1.165, 1.54) is 0 Å². The van der Waals surface area contributed by atoms with Crippen LogP contribution >= 0.6 is 0 Å². The second-order valence-electron chi connectivity index (χ2n) is 4.11. The van der Waals surface area contributed by atoms with Crippen molar-refractivity contribution >= 4 is 17.6 Å². The van der Waals surface area contributed by atoms with Crippen LogP contribution in [0, 0.1) is 0 Å². The monoisotopic (exact) mass is 209 g/mol. The molecule has 1 heterocycles. The summed E-state index contributed by atoms with van der Waals surface area (Å²) in [7, 11) is 1.80. The van der Waals surface area contributed by atoms with Gasteiger partial charge in [-0.05, 0) is 20.3 Å². The predicted molar refractivity (Wildman–Crippen MR) is 64.0 cm³/mol. The van der Waals surface area contributed by atoms with Crippen LogP contribution in [0.2, 0.25) is 0 Å². The number of nitrogens with two attached hydrogens (primary N) is 1. The van der Waals surface area contributed by atoms with Crippen LogP contribution in [0.25, 0.3) is 0 Å². The minimum absolute atomic E-state index is 0.00576. The van der Waals surface area contributed by atoms with Crippen LogP contribution in [0.4, 0.5) is 17.6 Å². The number of rotatable bonds is 4. The Morgan fingerprint density at radius 2 is 1.93 bits per heavy atom. The normalized spacial score (nSPS) is 11.2. The van der Waals surface area contributed by atoms with Crippen molar-refractivity contribution in [1.29, 1.82) is 0 Å². The third kappa shape index (κ3) is 3.27. The molecule has 15 heavy (non-hydrogen) atoms. The Kier molecular flexibility index (Phi) is 3.34. The van der Waals surface area contributed by atoms with E-state index in [0.29, 0.717) is 0 Å². The summed E-state index contributed by atoms with van der Waals surface area (Å²) in [6.45, 7) is 6.35. The summed E-state index contributed by atoms with van der Waals surface area (Å²) in [4.78, 5) is 8.15. The third-order valence-corrected chi connectivity index (χ3v) is 2.35. The van der Waals surface area contributed by atoms with Gasteiger partial charge in [-0.25, -0.2) is 0 Å². The van der Waals surface area contributed by atoms with Crippen molar-refractivity contribution in [1.82, 2.24) is 9.97 Å². The van der Waals surface area contributed by atoms with Gasteiger partial charge in [0, 0.05) is 18.7 Å². The third-order valence-electron chi connectivity index (χ3n) is 2.35. The Labute approximate surface area is 90.5 Å². The van der Waals surface area contributed by atoms with Crippen molar-refractivity contribution in [2.24, 2.45) is 0 Å². The minimum Gasteiger partial charge on any atom is -0.373 e. The summed E-state index contributed by atoms with van der Waals surface area (Å²) in [5, 5.41) is 6.25. The van der Waals surface area contributed by atoms with E-state index in [0.717, 1.165) is 18.1 Å². The van der Waals surface area contributed by atoms with E-state index in [9.17, 15) is 0 Å².